The van der Waals surface area contributed by atoms with Crippen molar-refractivity contribution in [2.24, 2.45) is 5.92 Å². The van der Waals surface area contributed by atoms with E-state index >= 15 is 0 Å². The van der Waals surface area contributed by atoms with Crippen LogP contribution < -0.4 is 10.9 Å². The van der Waals surface area contributed by atoms with Crippen LogP contribution in [0.1, 0.15) is 18.5 Å². The molecule has 0 amide bonds. The second-order valence-corrected chi connectivity index (χ2v) is 4.19. The van der Waals surface area contributed by atoms with Crippen molar-refractivity contribution in [1.29, 1.82) is 0 Å². The van der Waals surface area contributed by atoms with Crippen LogP contribution in [0.3, 0.4) is 0 Å². The van der Waals surface area contributed by atoms with Gasteiger partial charge in [0.25, 0.3) is 5.56 Å². The highest BCUT2D eigenvalue weighted by Crippen LogP contribution is 2.12. The largest absolute Gasteiger partial charge is 0.317 e. The number of aromatic nitrogens is 2. The van der Waals surface area contributed by atoms with Gasteiger partial charge in [-0.25, -0.2) is 4.68 Å². The lowest BCUT2D eigenvalue weighted by Crippen LogP contribution is -2.33. The third kappa shape index (κ3) is 2.65. The number of nitrogens with zero attached hydrogens (tertiary/aromatic N) is 2. The highest BCUT2D eigenvalue weighted by Gasteiger charge is 2.14. The molecule has 15 heavy (non-hydrogen) atoms. The topological polar surface area (TPSA) is 46.9 Å². The van der Waals surface area contributed by atoms with Crippen molar-refractivity contribution in [3.05, 3.63) is 28.2 Å². The van der Waals surface area contributed by atoms with E-state index in [1.165, 1.54) is 0 Å². The van der Waals surface area contributed by atoms with Crippen LogP contribution in [-0.2, 0) is 6.54 Å². The molecule has 0 radical (unpaired) electrons. The maximum absolute atomic E-state index is 11.5. The summed E-state index contributed by atoms with van der Waals surface area (Å²) in [6.07, 6.45) is 2.28. The van der Waals surface area contributed by atoms with Crippen molar-refractivity contribution in [1.82, 2.24) is 15.1 Å². The van der Waals surface area contributed by atoms with Gasteiger partial charge in [-0.3, -0.25) is 4.79 Å². The van der Waals surface area contributed by atoms with Crippen LogP contribution in [0.4, 0.5) is 0 Å². The van der Waals surface area contributed by atoms with Crippen molar-refractivity contribution in [2.45, 2.75) is 26.3 Å². The molecule has 4 nitrogen and oxygen atoms in total. The van der Waals surface area contributed by atoms with Crippen LogP contribution in [0, 0.1) is 12.8 Å². The van der Waals surface area contributed by atoms with Crippen molar-refractivity contribution < 1.29 is 0 Å². The van der Waals surface area contributed by atoms with E-state index in [1.54, 1.807) is 16.8 Å². The van der Waals surface area contributed by atoms with E-state index in [0.29, 0.717) is 5.92 Å². The van der Waals surface area contributed by atoms with Gasteiger partial charge >= 0.3 is 0 Å². The molecule has 82 valence electrons. The van der Waals surface area contributed by atoms with Gasteiger partial charge in [0, 0.05) is 12.6 Å². The van der Waals surface area contributed by atoms with Crippen molar-refractivity contribution >= 4 is 0 Å². The molecule has 2 rings (SSSR count). The third-order valence-electron chi connectivity index (χ3n) is 2.89. The van der Waals surface area contributed by atoms with Crippen LogP contribution in [0.15, 0.2) is 16.9 Å². The van der Waals surface area contributed by atoms with Gasteiger partial charge in [0.1, 0.15) is 0 Å². The van der Waals surface area contributed by atoms with Crippen LogP contribution in [0.2, 0.25) is 0 Å². The fourth-order valence-corrected chi connectivity index (χ4v) is 1.99. The Morgan fingerprint density at radius 2 is 2.20 bits per heavy atom. The number of rotatable bonds is 2. The Kier molecular flexibility index (Phi) is 3.16. The minimum Gasteiger partial charge on any atom is -0.317 e. The number of aryl methyl sites for hydroxylation is 1. The van der Waals surface area contributed by atoms with Gasteiger partial charge in [-0.05, 0) is 44.8 Å². The summed E-state index contributed by atoms with van der Waals surface area (Å²) >= 11 is 0. The zero-order valence-corrected chi connectivity index (χ0v) is 9.07. The smallest absolute Gasteiger partial charge is 0.266 e. The number of piperidine rings is 1. The zero-order valence-electron chi connectivity index (χ0n) is 9.07. The molecule has 0 aromatic carbocycles. The SMILES string of the molecule is Cc1ccc(=O)n(CC2CCNCC2)n1. The molecular weight excluding hydrogens is 190 g/mol. The van der Waals surface area contributed by atoms with Gasteiger partial charge in [0.05, 0.1) is 5.69 Å². The molecule has 1 aliphatic heterocycles. The van der Waals surface area contributed by atoms with Crippen LogP contribution in [0.5, 0.6) is 0 Å². The minimum atomic E-state index is 0.0131. The minimum absolute atomic E-state index is 0.0131. The third-order valence-corrected chi connectivity index (χ3v) is 2.89. The Balaban J connectivity index is 2.09. The molecule has 1 saturated heterocycles. The van der Waals surface area contributed by atoms with Gasteiger partial charge in [0.2, 0.25) is 0 Å². The van der Waals surface area contributed by atoms with E-state index in [0.717, 1.165) is 38.2 Å². The molecule has 1 aromatic rings. The summed E-state index contributed by atoms with van der Waals surface area (Å²) < 4.78 is 1.60. The molecule has 2 heterocycles. The first-order valence-corrected chi connectivity index (χ1v) is 5.51. The maximum atomic E-state index is 11.5. The fourth-order valence-electron chi connectivity index (χ4n) is 1.99. The van der Waals surface area contributed by atoms with Crippen molar-refractivity contribution in [3.63, 3.8) is 0 Å². The Labute approximate surface area is 89.3 Å². The van der Waals surface area contributed by atoms with Gasteiger partial charge in [0.15, 0.2) is 0 Å². The second kappa shape index (κ2) is 4.57. The molecule has 0 unspecified atom stereocenters. The molecule has 1 fully saturated rings. The Morgan fingerprint density at radius 1 is 1.47 bits per heavy atom. The summed E-state index contributed by atoms with van der Waals surface area (Å²) in [5.41, 5.74) is 0.919. The van der Waals surface area contributed by atoms with Crippen LogP contribution in [-0.4, -0.2) is 22.9 Å². The standard InChI is InChI=1S/C11H17N3O/c1-9-2-3-11(15)14(13-9)8-10-4-6-12-7-5-10/h2-3,10,12H,4-8H2,1H3. The molecule has 0 saturated carbocycles. The molecule has 1 N–H and O–H groups in total. The average Bonchev–Trinajstić information content (AvgIpc) is 2.25. The molecule has 0 bridgehead atoms. The quantitative estimate of drug-likeness (QED) is 0.770. The number of nitrogens with one attached hydrogen (secondary N) is 1. The fraction of sp³-hybridized carbons (Fsp3) is 0.636. The van der Waals surface area contributed by atoms with E-state index in [4.69, 9.17) is 0 Å². The monoisotopic (exact) mass is 207 g/mol. The lowest BCUT2D eigenvalue weighted by atomic mass is 9.98. The van der Waals surface area contributed by atoms with Gasteiger partial charge in [-0.1, -0.05) is 0 Å². The van der Waals surface area contributed by atoms with E-state index in [-0.39, 0.29) is 5.56 Å². The van der Waals surface area contributed by atoms with Gasteiger partial charge in [-0.2, -0.15) is 5.10 Å². The second-order valence-electron chi connectivity index (χ2n) is 4.19. The predicted octanol–water partition coefficient (Wildman–Crippen LogP) is 0.551. The summed E-state index contributed by atoms with van der Waals surface area (Å²) in [7, 11) is 0. The molecule has 1 aromatic heterocycles. The Bertz CT molecular complexity index is 380. The van der Waals surface area contributed by atoms with E-state index in [1.807, 2.05) is 6.92 Å². The highest BCUT2D eigenvalue weighted by atomic mass is 16.1. The molecule has 4 heteroatoms. The number of hydrogen-bond acceptors (Lipinski definition) is 3. The molecule has 0 spiro atoms. The van der Waals surface area contributed by atoms with Crippen molar-refractivity contribution in [3.8, 4) is 0 Å². The highest BCUT2D eigenvalue weighted by molar-refractivity contribution is 4.97. The maximum Gasteiger partial charge on any atom is 0.266 e. The summed E-state index contributed by atoms with van der Waals surface area (Å²) in [5.74, 6) is 0.596. The molecule has 1 aliphatic rings. The normalized spacial score (nSPS) is 17.9. The van der Waals surface area contributed by atoms with E-state index < -0.39 is 0 Å². The Hall–Kier alpha value is -1.16. The van der Waals surface area contributed by atoms with E-state index in [9.17, 15) is 4.79 Å². The zero-order chi connectivity index (χ0) is 10.7. The van der Waals surface area contributed by atoms with Crippen LogP contribution >= 0.6 is 0 Å². The molecule has 0 aliphatic carbocycles. The first kappa shape index (κ1) is 10.4. The lowest BCUT2D eigenvalue weighted by Gasteiger charge is -2.22. The summed E-state index contributed by atoms with van der Waals surface area (Å²) in [4.78, 5) is 11.5. The van der Waals surface area contributed by atoms with Gasteiger partial charge < -0.3 is 5.32 Å². The predicted molar refractivity (Wildman–Crippen MR) is 58.8 cm³/mol. The number of hydrogen-bond donors (Lipinski definition) is 1. The van der Waals surface area contributed by atoms with Crippen molar-refractivity contribution in [2.75, 3.05) is 13.1 Å². The Morgan fingerprint density at radius 3 is 2.93 bits per heavy atom. The molecular formula is C11H17N3O. The molecule has 0 atom stereocenters. The van der Waals surface area contributed by atoms with Gasteiger partial charge in [-0.15, -0.1) is 0 Å². The summed E-state index contributed by atoms with van der Waals surface area (Å²) in [5, 5.41) is 7.57. The average molecular weight is 207 g/mol. The summed E-state index contributed by atoms with van der Waals surface area (Å²) in [6, 6.07) is 3.37. The first-order valence-electron chi connectivity index (χ1n) is 5.51. The van der Waals surface area contributed by atoms with Crippen LogP contribution in [0.25, 0.3) is 0 Å². The lowest BCUT2D eigenvalue weighted by molar-refractivity contribution is 0.314. The summed E-state index contributed by atoms with van der Waals surface area (Å²) in [6.45, 7) is 4.80. The first-order chi connectivity index (χ1) is 7.25. The van der Waals surface area contributed by atoms with E-state index in [2.05, 4.69) is 10.4 Å².